The van der Waals surface area contributed by atoms with Crippen LogP contribution in [0.4, 0.5) is 0 Å². The van der Waals surface area contributed by atoms with Gasteiger partial charge in [-0.1, -0.05) is 6.07 Å². The number of likely N-dealkylation sites (tertiary alicyclic amines) is 1. The summed E-state index contributed by atoms with van der Waals surface area (Å²) >= 11 is 0. The molecule has 0 saturated carbocycles. The molecule has 0 radical (unpaired) electrons. The lowest BCUT2D eigenvalue weighted by Crippen LogP contribution is -2.43. The lowest BCUT2D eigenvalue weighted by molar-refractivity contribution is -0.136. The van der Waals surface area contributed by atoms with Crippen molar-refractivity contribution in [2.45, 2.75) is 26.7 Å². The first-order valence-electron chi connectivity index (χ1n) is 7.24. The summed E-state index contributed by atoms with van der Waals surface area (Å²) in [5, 5.41) is 0. The lowest BCUT2D eigenvalue weighted by atomic mass is 9.96. The molecule has 114 valence electrons. The van der Waals surface area contributed by atoms with Gasteiger partial charge in [0, 0.05) is 19.0 Å². The van der Waals surface area contributed by atoms with Gasteiger partial charge in [-0.2, -0.15) is 0 Å². The third kappa shape index (κ3) is 3.97. The molecule has 0 atom stereocenters. The van der Waals surface area contributed by atoms with Gasteiger partial charge in [-0.3, -0.25) is 9.59 Å². The summed E-state index contributed by atoms with van der Waals surface area (Å²) in [7, 11) is 0. The quantitative estimate of drug-likeness (QED) is 0.911. The highest BCUT2D eigenvalue weighted by atomic mass is 16.5. The fourth-order valence-electron chi connectivity index (χ4n) is 2.45. The van der Waals surface area contributed by atoms with Crippen LogP contribution in [0.2, 0.25) is 0 Å². The van der Waals surface area contributed by atoms with Crippen LogP contribution in [0.3, 0.4) is 0 Å². The first-order valence-corrected chi connectivity index (χ1v) is 7.24. The number of ether oxygens (including phenoxy) is 1. The first-order chi connectivity index (χ1) is 9.97. The molecule has 5 heteroatoms. The zero-order valence-corrected chi connectivity index (χ0v) is 12.6. The van der Waals surface area contributed by atoms with Gasteiger partial charge in [-0.15, -0.1) is 0 Å². The third-order valence-corrected chi connectivity index (χ3v) is 4.09. The summed E-state index contributed by atoms with van der Waals surface area (Å²) in [5.74, 6) is 0.290. The predicted molar refractivity (Wildman–Crippen MR) is 79.9 cm³/mol. The molecule has 0 aliphatic carbocycles. The van der Waals surface area contributed by atoms with Gasteiger partial charge in [0.15, 0.2) is 6.61 Å². The number of rotatable bonds is 4. The highest BCUT2D eigenvalue weighted by Gasteiger charge is 2.25. The Morgan fingerprint density at radius 2 is 1.90 bits per heavy atom. The molecule has 1 heterocycles. The summed E-state index contributed by atoms with van der Waals surface area (Å²) in [6.45, 7) is 5.22. The Labute approximate surface area is 125 Å². The van der Waals surface area contributed by atoms with Crippen LogP contribution in [-0.2, 0) is 9.59 Å². The third-order valence-electron chi connectivity index (χ3n) is 4.09. The molecule has 2 rings (SSSR count). The van der Waals surface area contributed by atoms with Crippen molar-refractivity contribution in [3.63, 3.8) is 0 Å². The number of nitrogens with zero attached hydrogens (tertiary/aromatic N) is 1. The normalized spacial score (nSPS) is 15.8. The minimum Gasteiger partial charge on any atom is -0.484 e. The van der Waals surface area contributed by atoms with E-state index in [1.807, 2.05) is 32.0 Å². The van der Waals surface area contributed by atoms with Gasteiger partial charge >= 0.3 is 0 Å². The summed E-state index contributed by atoms with van der Waals surface area (Å²) in [5.41, 5.74) is 7.62. The van der Waals surface area contributed by atoms with Crippen molar-refractivity contribution in [2.24, 2.45) is 11.7 Å². The maximum absolute atomic E-state index is 12.1. The van der Waals surface area contributed by atoms with Crippen LogP contribution >= 0.6 is 0 Å². The van der Waals surface area contributed by atoms with Gasteiger partial charge in [-0.25, -0.2) is 0 Å². The number of piperidine rings is 1. The molecular weight excluding hydrogens is 268 g/mol. The number of benzene rings is 1. The van der Waals surface area contributed by atoms with Gasteiger partial charge in [0.1, 0.15) is 5.75 Å². The van der Waals surface area contributed by atoms with E-state index in [-0.39, 0.29) is 24.3 Å². The standard InChI is InChI=1S/C16H22N2O3/c1-11-3-4-14(9-12(11)2)21-10-15(19)18-7-5-13(6-8-18)16(17)20/h3-4,9,13H,5-8,10H2,1-2H3,(H2,17,20). The molecule has 1 saturated heterocycles. The van der Waals surface area contributed by atoms with E-state index in [0.717, 1.165) is 5.56 Å². The number of aryl methyl sites for hydroxylation is 2. The molecule has 1 aliphatic heterocycles. The number of carbonyl (C=O) groups is 2. The smallest absolute Gasteiger partial charge is 0.260 e. The van der Waals surface area contributed by atoms with E-state index in [0.29, 0.717) is 31.7 Å². The maximum atomic E-state index is 12.1. The molecule has 0 bridgehead atoms. The largest absolute Gasteiger partial charge is 0.484 e. The number of nitrogens with two attached hydrogens (primary N) is 1. The maximum Gasteiger partial charge on any atom is 0.260 e. The molecule has 1 aromatic rings. The van der Waals surface area contributed by atoms with Crippen LogP contribution in [0, 0.1) is 19.8 Å². The van der Waals surface area contributed by atoms with Crippen LogP contribution in [0.5, 0.6) is 5.75 Å². The van der Waals surface area contributed by atoms with Crippen LogP contribution in [-0.4, -0.2) is 36.4 Å². The molecule has 0 spiro atoms. The Morgan fingerprint density at radius 3 is 2.48 bits per heavy atom. The van der Waals surface area contributed by atoms with Crippen molar-refractivity contribution >= 4 is 11.8 Å². The zero-order valence-electron chi connectivity index (χ0n) is 12.6. The zero-order chi connectivity index (χ0) is 15.4. The van der Waals surface area contributed by atoms with E-state index in [1.165, 1.54) is 5.56 Å². The van der Waals surface area contributed by atoms with Crippen LogP contribution in [0.1, 0.15) is 24.0 Å². The van der Waals surface area contributed by atoms with E-state index in [2.05, 4.69) is 0 Å². The molecule has 5 nitrogen and oxygen atoms in total. The summed E-state index contributed by atoms with van der Waals surface area (Å²) in [6, 6.07) is 5.78. The van der Waals surface area contributed by atoms with Gasteiger partial charge in [0.25, 0.3) is 5.91 Å². The highest BCUT2D eigenvalue weighted by Crippen LogP contribution is 2.18. The monoisotopic (exact) mass is 290 g/mol. The Balaban J connectivity index is 1.82. The van der Waals surface area contributed by atoms with Gasteiger partial charge < -0.3 is 15.4 Å². The Kier molecular flexibility index (Phi) is 4.83. The highest BCUT2D eigenvalue weighted by molar-refractivity contribution is 5.79. The molecule has 2 amide bonds. The average Bonchev–Trinajstić information content (AvgIpc) is 2.48. The topological polar surface area (TPSA) is 72.6 Å². The Hall–Kier alpha value is -2.04. The van der Waals surface area contributed by atoms with Gasteiger partial charge in [0.05, 0.1) is 0 Å². The van der Waals surface area contributed by atoms with E-state index >= 15 is 0 Å². The predicted octanol–water partition coefficient (Wildman–Crippen LogP) is 1.41. The molecule has 21 heavy (non-hydrogen) atoms. The van der Waals surface area contributed by atoms with Gasteiger partial charge in [-0.05, 0) is 49.9 Å². The first kappa shape index (κ1) is 15.4. The van der Waals surface area contributed by atoms with E-state index in [4.69, 9.17) is 10.5 Å². The molecule has 2 N–H and O–H groups in total. The summed E-state index contributed by atoms with van der Waals surface area (Å²) < 4.78 is 5.55. The second-order valence-electron chi connectivity index (χ2n) is 5.59. The average molecular weight is 290 g/mol. The number of primary amides is 1. The minimum absolute atomic E-state index is 0.0315. The minimum atomic E-state index is -0.270. The van der Waals surface area contributed by atoms with Crippen molar-refractivity contribution in [1.29, 1.82) is 0 Å². The second kappa shape index (κ2) is 6.61. The SMILES string of the molecule is Cc1ccc(OCC(=O)N2CCC(C(N)=O)CC2)cc1C. The molecule has 1 aliphatic rings. The van der Waals surface area contributed by atoms with Crippen LogP contribution < -0.4 is 10.5 Å². The summed E-state index contributed by atoms with van der Waals surface area (Å²) in [4.78, 5) is 24.9. The number of hydrogen-bond acceptors (Lipinski definition) is 3. The van der Waals surface area contributed by atoms with E-state index < -0.39 is 0 Å². The van der Waals surface area contributed by atoms with E-state index in [1.54, 1.807) is 4.90 Å². The van der Waals surface area contributed by atoms with Gasteiger partial charge in [0.2, 0.25) is 5.91 Å². The molecule has 1 aromatic carbocycles. The molecule has 1 fully saturated rings. The fraction of sp³-hybridized carbons (Fsp3) is 0.500. The Bertz CT molecular complexity index is 534. The second-order valence-corrected chi connectivity index (χ2v) is 5.59. The molecular formula is C16H22N2O3. The number of hydrogen-bond donors (Lipinski definition) is 1. The van der Waals surface area contributed by atoms with Crippen molar-refractivity contribution in [3.05, 3.63) is 29.3 Å². The van der Waals surface area contributed by atoms with Crippen molar-refractivity contribution in [2.75, 3.05) is 19.7 Å². The molecule has 0 unspecified atom stereocenters. The van der Waals surface area contributed by atoms with Crippen molar-refractivity contribution < 1.29 is 14.3 Å². The van der Waals surface area contributed by atoms with E-state index in [9.17, 15) is 9.59 Å². The molecule has 0 aromatic heterocycles. The fourth-order valence-corrected chi connectivity index (χ4v) is 2.45. The Morgan fingerprint density at radius 1 is 1.24 bits per heavy atom. The number of carbonyl (C=O) groups excluding carboxylic acids is 2. The van der Waals surface area contributed by atoms with Crippen LogP contribution in [0.15, 0.2) is 18.2 Å². The lowest BCUT2D eigenvalue weighted by Gasteiger charge is -2.30. The van der Waals surface area contributed by atoms with Crippen molar-refractivity contribution in [1.82, 2.24) is 4.90 Å². The van der Waals surface area contributed by atoms with Crippen molar-refractivity contribution in [3.8, 4) is 5.75 Å². The summed E-state index contributed by atoms with van der Waals surface area (Å²) in [6.07, 6.45) is 1.29. The van der Waals surface area contributed by atoms with Crippen LogP contribution in [0.25, 0.3) is 0 Å². The number of amides is 2.